The van der Waals surface area contributed by atoms with Crippen LogP contribution in [-0.4, -0.2) is 26.1 Å². The average molecular weight is 346 g/mol. The van der Waals surface area contributed by atoms with Crippen molar-refractivity contribution in [2.45, 2.75) is 6.42 Å². The fraction of sp³-hybridized carbons (Fsp3) is 0.417. The van der Waals surface area contributed by atoms with Crippen molar-refractivity contribution in [2.75, 3.05) is 25.1 Å². The van der Waals surface area contributed by atoms with Gasteiger partial charge in [-0.05, 0) is 53.3 Å². The molecule has 1 saturated heterocycles. The molecule has 92 valence electrons. The van der Waals surface area contributed by atoms with Gasteiger partial charge in [0, 0.05) is 18.7 Å². The van der Waals surface area contributed by atoms with Gasteiger partial charge in [-0.1, -0.05) is 0 Å². The number of nitrogens with two attached hydrogens (primary N) is 1. The van der Waals surface area contributed by atoms with Crippen LogP contribution in [0, 0.1) is 9.49 Å². The molecule has 5 heteroatoms. The van der Waals surface area contributed by atoms with Gasteiger partial charge < -0.3 is 15.4 Å². The van der Waals surface area contributed by atoms with Gasteiger partial charge in [-0.15, -0.1) is 0 Å². The van der Waals surface area contributed by atoms with Gasteiger partial charge in [-0.2, -0.15) is 0 Å². The normalized spacial score (nSPS) is 19.8. The summed E-state index contributed by atoms with van der Waals surface area (Å²) in [6, 6.07) is 5.77. The zero-order valence-corrected chi connectivity index (χ0v) is 11.8. The third-order valence-corrected chi connectivity index (χ3v) is 3.83. The van der Waals surface area contributed by atoms with Crippen molar-refractivity contribution in [2.24, 2.45) is 11.7 Å². The van der Waals surface area contributed by atoms with E-state index in [1.165, 1.54) is 0 Å². The molecule has 2 rings (SSSR count). The molecule has 0 aromatic heterocycles. The van der Waals surface area contributed by atoms with Crippen LogP contribution >= 0.6 is 22.6 Å². The number of benzene rings is 1. The molecule has 1 atom stereocenters. The zero-order chi connectivity index (χ0) is 12.4. The van der Waals surface area contributed by atoms with Gasteiger partial charge in [0.25, 0.3) is 0 Å². The summed E-state index contributed by atoms with van der Waals surface area (Å²) >= 11 is 2.21. The van der Waals surface area contributed by atoms with Crippen LogP contribution < -0.4 is 15.4 Å². The highest BCUT2D eigenvalue weighted by molar-refractivity contribution is 14.1. The lowest BCUT2D eigenvalue weighted by molar-refractivity contribution is -0.117. The van der Waals surface area contributed by atoms with Crippen LogP contribution in [0.2, 0.25) is 0 Å². The van der Waals surface area contributed by atoms with Gasteiger partial charge in [0.15, 0.2) is 0 Å². The highest BCUT2D eigenvalue weighted by atomic mass is 127. The number of nitrogens with zero attached hydrogens (tertiary/aromatic N) is 1. The number of anilines is 1. The Kier molecular flexibility index (Phi) is 3.88. The molecule has 2 N–H and O–H groups in total. The Labute approximate surface area is 114 Å². The van der Waals surface area contributed by atoms with Gasteiger partial charge in [0.05, 0.1) is 10.7 Å². The van der Waals surface area contributed by atoms with E-state index in [-0.39, 0.29) is 11.8 Å². The standard InChI is InChI=1S/C12H15IN2O2/c1-17-11-3-2-9(5-10(11)13)15-7-8(6-14)4-12(15)16/h2-3,5,8H,4,6-7,14H2,1H3. The van der Waals surface area contributed by atoms with E-state index < -0.39 is 0 Å². The molecule has 1 fully saturated rings. The minimum atomic E-state index is 0.154. The first-order valence-corrected chi connectivity index (χ1v) is 6.57. The van der Waals surface area contributed by atoms with Gasteiger partial charge in [-0.3, -0.25) is 4.79 Å². The van der Waals surface area contributed by atoms with E-state index >= 15 is 0 Å². The van der Waals surface area contributed by atoms with Crippen molar-refractivity contribution in [3.63, 3.8) is 0 Å². The summed E-state index contributed by atoms with van der Waals surface area (Å²) in [6.07, 6.45) is 0.555. The van der Waals surface area contributed by atoms with E-state index in [0.717, 1.165) is 21.6 Å². The van der Waals surface area contributed by atoms with Crippen LogP contribution in [0.25, 0.3) is 0 Å². The van der Waals surface area contributed by atoms with E-state index in [4.69, 9.17) is 10.5 Å². The lowest BCUT2D eigenvalue weighted by Crippen LogP contribution is -2.25. The number of carbonyl (C=O) groups excluding carboxylic acids is 1. The van der Waals surface area contributed by atoms with Crippen molar-refractivity contribution >= 4 is 34.2 Å². The Bertz CT molecular complexity index is 437. The molecule has 1 amide bonds. The fourth-order valence-electron chi connectivity index (χ4n) is 2.01. The molecule has 0 bridgehead atoms. The molecular weight excluding hydrogens is 331 g/mol. The van der Waals surface area contributed by atoms with Crippen LogP contribution in [0.15, 0.2) is 18.2 Å². The number of halogens is 1. The second kappa shape index (κ2) is 5.22. The topological polar surface area (TPSA) is 55.6 Å². The second-order valence-electron chi connectivity index (χ2n) is 4.13. The Hall–Kier alpha value is -0.820. The van der Waals surface area contributed by atoms with Crippen LogP contribution in [0.4, 0.5) is 5.69 Å². The lowest BCUT2D eigenvalue weighted by Gasteiger charge is -2.17. The summed E-state index contributed by atoms with van der Waals surface area (Å²) in [5, 5.41) is 0. The summed E-state index contributed by atoms with van der Waals surface area (Å²) in [4.78, 5) is 13.7. The number of hydrogen-bond acceptors (Lipinski definition) is 3. The number of amides is 1. The molecule has 0 aliphatic carbocycles. The molecule has 0 radical (unpaired) electrons. The summed E-state index contributed by atoms with van der Waals surface area (Å²) in [7, 11) is 1.64. The first-order chi connectivity index (χ1) is 8.15. The Morgan fingerprint density at radius 3 is 2.88 bits per heavy atom. The molecule has 1 unspecified atom stereocenters. The molecule has 1 aromatic rings. The summed E-state index contributed by atoms with van der Waals surface area (Å²) < 4.78 is 6.21. The number of carbonyl (C=O) groups is 1. The van der Waals surface area contributed by atoms with Crippen molar-refractivity contribution in [1.29, 1.82) is 0 Å². The summed E-state index contributed by atoms with van der Waals surface area (Å²) in [6.45, 7) is 1.28. The van der Waals surface area contributed by atoms with Crippen molar-refractivity contribution < 1.29 is 9.53 Å². The fourth-order valence-corrected chi connectivity index (χ4v) is 2.73. The van der Waals surface area contributed by atoms with E-state index in [1.54, 1.807) is 12.0 Å². The Balaban J connectivity index is 2.23. The zero-order valence-electron chi connectivity index (χ0n) is 9.65. The van der Waals surface area contributed by atoms with E-state index in [2.05, 4.69) is 22.6 Å². The van der Waals surface area contributed by atoms with Crippen LogP contribution in [0.3, 0.4) is 0 Å². The first-order valence-electron chi connectivity index (χ1n) is 5.49. The number of ether oxygens (including phenoxy) is 1. The van der Waals surface area contributed by atoms with Gasteiger partial charge in [-0.25, -0.2) is 0 Å². The van der Waals surface area contributed by atoms with E-state index in [9.17, 15) is 4.79 Å². The predicted octanol–water partition coefficient (Wildman–Crippen LogP) is 1.61. The van der Waals surface area contributed by atoms with Gasteiger partial charge in [0.2, 0.25) is 5.91 Å². The largest absolute Gasteiger partial charge is 0.496 e. The molecule has 1 aliphatic rings. The lowest BCUT2D eigenvalue weighted by atomic mass is 10.1. The number of hydrogen-bond donors (Lipinski definition) is 1. The molecule has 1 aliphatic heterocycles. The molecule has 1 aromatic carbocycles. The third-order valence-electron chi connectivity index (χ3n) is 2.99. The Morgan fingerprint density at radius 1 is 1.59 bits per heavy atom. The smallest absolute Gasteiger partial charge is 0.227 e. The highest BCUT2D eigenvalue weighted by Gasteiger charge is 2.29. The average Bonchev–Trinajstić information content (AvgIpc) is 2.70. The van der Waals surface area contributed by atoms with Crippen LogP contribution in [0.5, 0.6) is 5.75 Å². The SMILES string of the molecule is COc1ccc(N2CC(CN)CC2=O)cc1I. The van der Waals surface area contributed by atoms with Crippen molar-refractivity contribution in [1.82, 2.24) is 0 Å². The monoisotopic (exact) mass is 346 g/mol. The van der Waals surface area contributed by atoms with Gasteiger partial charge in [0.1, 0.15) is 5.75 Å². The molecule has 0 saturated carbocycles. The second-order valence-corrected chi connectivity index (χ2v) is 5.29. The molecule has 0 spiro atoms. The quantitative estimate of drug-likeness (QED) is 0.847. The van der Waals surface area contributed by atoms with E-state index in [1.807, 2.05) is 18.2 Å². The van der Waals surface area contributed by atoms with Crippen molar-refractivity contribution in [3.8, 4) is 5.75 Å². The predicted molar refractivity (Wildman–Crippen MR) is 75.2 cm³/mol. The molecular formula is C12H15IN2O2. The maximum absolute atomic E-state index is 11.8. The van der Waals surface area contributed by atoms with Crippen molar-refractivity contribution in [3.05, 3.63) is 21.8 Å². The molecule has 4 nitrogen and oxygen atoms in total. The molecule has 1 heterocycles. The molecule has 17 heavy (non-hydrogen) atoms. The highest BCUT2D eigenvalue weighted by Crippen LogP contribution is 2.29. The number of rotatable bonds is 3. The first kappa shape index (κ1) is 12.6. The van der Waals surface area contributed by atoms with Gasteiger partial charge >= 0.3 is 0 Å². The maximum Gasteiger partial charge on any atom is 0.227 e. The van der Waals surface area contributed by atoms with Crippen LogP contribution in [-0.2, 0) is 4.79 Å². The summed E-state index contributed by atoms with van der Waals surface area (Å²) in [5.74, 6) is 1.26. The number of methoxy groups -OCH3 is 1. The minimum Gasteiger partial charge on any atom is -0.496 e. The maximum atomic E-state index is 11.8. The Morgan fingerprint density at radius 2 is 2.35 bits per heavy atom. The summed E-state index contributed by atoms with van der Waals surface area (Å²) in [5.41, 5.74) is 6.54. The van der Waals surface area contributed by atoms with E-state index in [0.29, 0.717) is 13.0 Å². The third kappa shape index (κ3) is 2.55. The van der Waals surface area contributed by atoms with Crippen LogP contribution in [0.1, 0.15) is 6.42 Å². The minimum absolute atomic E-state index is 0.154.